The molecule has 0 unspecified atom stereocenters. The summed E-state index contributed by atoms with van der Waals surface area (Å²) in [6.07, 6.45) is 1.48. The zero-order valence-electron chi connectivity index (χ0n) is 17.1. The lowest BCUT2D eigenvalue weighted by Gasteiger charge is -2.11. The largest absolute Gasteiger partial charge is 0.343 e. The molecule has 0 radical (unpaired) electrons. The maximum Gasteiger partial charge on any atom is 0.251 e. The van der Waals surface area contributed by atoms with E-state index in [1.807, 2.05) is 38.1 Å². The van der Waals surface area contributed by atoms with Crippen molar-refractivity contribution in [3.8, 4) is 11.4 Å². The molecule has 4 rings (SSSR count). The second kappa shape index (κ2) is 8.62. The molecule has 31 heavy (non-hydrogen) atoms. The Kier molecular flexibility index (Phi) is 5.57. The molecule has 2 aromatic carbocycles. The standard InChI is InChI=1S/C22H21N7O2/c1-15-3-4-16(2)29(15)20-9-5-17(6-10-20)22(31)23-13-21(30)25-18-7-11-19(12-8-18)28-14-24-26-27-28/h3-12,14H,13H2,1-2H3,(H,23,31)(H,25,30). The van der Waals surface area contributed by atoms with Gasteiger partial charge in [-0.3, -0.25) is 9.59 Å². The van der Waals surface area contributed by atoms with E-state index in [0.717, 1.165) is 22.8 Å². The molecule has 9 nitrogen and oxygen atoms in total. The van der Waals surface area contributed by atoms with Gasteiger partial charge in [0.25, 0.3) is 5.91 Å². The Hall–Kier alpha value is -4.27. The van der Waals surface area contributed by atoms with Crippen molar-refractivity contribution >= 4 is 17.5 Å². The van der Waals surface area contributed by atoms with Crippen molar-refractivity contribution in [3.05, 3.63) is 83.9 Å². The van der Waals surface area contributed by atoms with Crippen LogP contribution in [0, 0.1) is 13.8 Å². The molecule has 0 saturated heterocycles. The predicted octanol–water partition coefficient (Wildman–Crippen LogP) is 2.44. The summed E-state index contributed by atoms with van der Waals surface area (Å²) >= 11 is 0. The number of hydrogen-bond acceptors (Lipinski definition) is 5. The smallest absolute Gasteiger partial charge is 0.251 e. The van der Waals surface area contributed by atoms with Gasteiger partial charge >= 0.3 is 0 Å². The predicted molar refractivity (Wildman–Crippen MR) is 115 cm³/mol. The minimum atomic E-state index is -0.321. The monoisotopic (exact) mass is 415 g/mol. The minimum Gasteiger partial charge on any atom is -0.343 e. The number of tetrazole rings is 1. The highest BCUT2D eigenvalue weighted by Crippen LogP contribution is 2.17. The third-order valence-electron chi connectivity index (χ3n) is 4.83. The van der Waals surface area contributed by atoms with Crippen molar-refractivity contribution in [1.82, 2.24) is 30.1 Å². The van der Waals surface area contributed by atoms with Crippen LogP contribution in [0.2, 0.25) is 0 Å². The normalized spacial score (nSPS) is 10.6. The third kappa shape index (κ3) is 4.50. The van der Waals surface area contributed by atoms with Gasteiger partial charge < -0.3 is 15.2 Å². The quantitative estimate of drug-likeness (QED) is 0.503. The molecule has 0 saturated carbocycles. The number of carbonyl (C=O) groups is 2. The van der Waals surface area contributed by atoms with Crippen LogP contribution in [0.25, 0.3) is 11.4 Å². The van der Waals surface area contributed by atoms with Crippen LogP contribution < -0.4 is 10.6 Å². The fourth-order valence-electron chi connectivity index (χ4n) is 3.28. The van der Waals surface area contributed by atoms with Crippen molar-refractivity contribution in [2.75, 3.05) is 11.9 Å². The summed E-state index contributed by atoms with van der Waals surface area (Å²) in [6, 6.07) is 18.4. The first kappa shape index (κ1) is 20.0. The van der Waals surface area contributed by atoms with Gasteiger partial charge in [0.05, 0.1) is 12.2 Å². The van der Waals surface area contributed by atoms with Gasteiger partial charge in [-0.2, -0.15) is 0 Å². The van der Waals surface area contributed by atoms with Crippen LogP contribution >= 0.6 is 0 Å². The summed E-state index contributed by atoms with van der Waals surface area (Å²) in [7, 11) is 0. The fourth-order valence-corrected chi connectivity index (χ4v) is 3.28. The van der Waals surface area contributed by atoms with Crippen LogP contribution in [-0.4, -0.2) is 43.1 Å². The lowest BCUT2D eigenvalue weighted by molar-refractivity contribution is -0.115. The molecule has 156 valence electrons. The van der Waals surface area contributed by atoms with E-state index in [1.54, 1.807) is 36.4 Å². The van der Waals surface area contributed by atoms with Gasteiger partial charge in [-0.05, 0) is 84.9 Å². The number of nitrogens with zero attached hydrogens (tertiary/aromatic N) is 5. The second-order valence-electron chi connectivity index (χ2n) is 7.03. The van der Waals surface area contributed by atoms with Gasteiger partial charge in [0.2, 0.25) is 5.91 Å². The van der Waals surface area contributed by atoms with E-state index in [9.17, 15) is 9.59 Å². The molecule has 9 heteroatoms. The third-order valence-corrected chi connectivity index (χ3v) is 4.83. The fraction of sp³-hybridized carbons (Fsp3) is 0.136. The number of rotatable bonds is 6. The molecule has 0 fully saturated rings. The number of carbonyl (C=O) groups excluding carboxylic acids is 2. The Morgan fingerprint density at radius 1 is 0.871 bits per heavy atom. The van der Waals surface area contributed by atoms with Crippen molar-refractivity contribution in [2.24, 2.45) is 0 Å². The van der Waals surface area contributed by atoms with Gasteiger partial charge in [0, 0.05) is 28.3 Å². The summed E-state index contributed by atoms with van der Waals surface area (Å²) in [5, 5.41) is 16.4. The maximum atomic E-state index is 12.4. The van der Waals surface area contributed by atoms with E-state index in [0.29, 0.717) is 11.3 Å². The van der Waals surface area contributed by atoms with Crippen LogP contribution in [0.3, 0.4) is 0 Å². The Labute approximate surface area is 178 Å². The van der Waals surface area contributed by atoms with Crippen molar-refractivity contribution in [2.45, 2.75) is 13.8 Å². The Morgan fingerprint density at radius 3 is 2.13 bits per heavy atom. The highest BCUT2D eigenvalue weighted by atomic mass is 16.2. The van der Waals surface area contributed by atoms with Gasteiger partial charge in [0.1, 0.15) is 6.33 Å². The Bertz CT molecular complexity index is 1170. The zero-order chi connectivity index (χ0) is 21.8. The molecule has 0 atom stereocenters. The molecule has 0 bridgehead atoms. The van der Waals surface area contributed by atoms with Crippen molar-refractivity contribution in [3.63, 3.8) is 0 Å². The SMILES string of the molecule is Cc1ccc(C)n1-c1ccc(C(=O)NCC(=O)Nc2ccc(-n3cnnn3)cc2)cc1. The van der Waals surface area contributed by atoms with E-state index in [4.69, 9.17) is 0 Å². The summed E-state index contributed by atoms with van der Waals surface area (Å²) in [5.74, 6) is -0.629. The molecular weight excluding hydrogens is 394 g/mol. The summed E-state index contributed by atoms with van der Waals surface area (Å²) < 4.78 is 3.62. The summed E-state index contributed by atoms with van der Waals surface area (Å²) in [6.45, 7) is 3.93. The number of amides is 2. The molecule has 2 N–H and O–H groups in total. The highest BCUT2D eigenvalue weighted by molar-refractivity contribution is 5.99. The molecule has 4 aromatic rings. The summed E-state index contributed by atoms with van der Waals surface area (Å²) in [4.78, 5) is 24.6. The number of aromatic nitrogens is 5. The van der Waals surface area contributed by atoms with Gasteiger partial charge in [-0.25, -0.2) is 4.68 Å². The average molecular weight is 415 g/mol. The first-order chi connectivity index (χ1) is 15.0. The first-order valence-corrected chi connectivity index (χ1v) is 9.68. The van der Waals surface area contributed by atoms with Crippen LogP contribution in [0.15, 0.2) is 67.0 Å². The van der Waals surface area contributed by atoms with Crippen LogP contribution in [0.1, 0.15) is 21.7 Å². The van der Waals surface area contributed by atoms with Crippen molar-refractivity contribution in [1.29, 1.82) is 0 Å². The van der Waals surface area contributed by atoms with Gasteiger partial charge in [-0.15, -0.1) is 5.10 Å². The van der Waals surface area contributed by atoms with Gasteiger partial charge in [0.15, 0.2) is 0 Å². The first-order valence-electron chi connectivity index (χ1n) is 9.68. The van der Waals surface area contributed by atoms with E-state index < -0.39 is 0 Å². The molecule has 0 spiro atoms. The Balaban J connectivity index is 1.31. The average Bonchev–Trinajstić information content (AvgIpc) is 3.43. The number of nitrogens with one attached hydrogen (secondary N) is 2. The molecule has 2 amide bonds. The number of aryl methyl sites for hydroxylation is 2. The van der Waals surface area contributed by atoms with Crippen LogP contribution in [0.4, 0.5) is 5.69 Å². The molecule has 0 aliphatic rings. The van der Waals surface area contributed by atoms with E-state index in [1.165, 1.54) is 11.0 Å². The molecule has 2 heterocycles. The Morgan fingerprint density at radius 2 is 1.52 bits per heavy atom. The molecule has 2 aromatic heterocycles. The molecule has 0 aliphatic carbocycles. The topological polar surface area (TPSA) is 107 Å². The minimum absolute atomic E-state index is 0.134. The van der Waals surface area contributed by atoms with E-state index in [2.05, 4.69) is 30.7 Å². The maximum absolute atomic E-state index is 12.4. The number of benzene rings is 2. The van der Waals surface area contributed by atoms with Crippen LogP contribution in [-0.2, 0) is 4.79 Å². The lowest BCUT2D eigenvalue weighted by Crippen LogP contribution is -2.32. The molecular formula is C22H21N7O2. The number of anilines is 1. The van der Waals surface area contributed by atoms with E-state index in [-0.39, 0.29) is 18.4 Å². The molecule has 0 aliphatic heterocycles. The summed E-state index contributed by atoms with van der Waals surface area (Å²) in [5.41, 5.74) is 5.10. The lowest BCUT2D eigenvalue weighted by atomic mass is 10.2. The second-order valence-corrected chi connectivity index (χ2v) is 7.03. The highest BCUT2D eigenvalue weighted by Gasteiger charge is 2.10. The van der Waals surface area contributed by atoms with E-state index >= 15 is 0 Å². The van der Waals surface area contributed by atoms with Gasteiger partial charge in [-0.1, -0.05) is 0 Å². The van der Waals surface area contributed by atoms with Crippen LogP contribution in [0.5, 0.6) is 0 Å². The zero-order valence-corrected chi connectivity index (χ0v) is 17.1. The van der Waals surface area contributed by atoms with Crippen molar-refractivity contribution < 1.29 is 9.59 Å². The number of hydrogen-bond donors (Lipinski definition) is 2.